The molecule has 0 aliphatic heterocycles. The molecule has 0 fully saturated rings. The Hall–Kier alpha value is -0.980. The minimum absolute atomic E-state index is 0.0327. The summed E-state index contributed by atoms with van der Waals surface area (Å²) in [6.07, 6.45) is 0.643. The molecular formula is C13H21FN2O2S. The average Bonchev–Trinajstić information content (AvgIpc) is 2.30. The van der Waals surface area contributed by atoms with E-state index in [1.807, 2.05) is 13.8 Å². The molecule has 0 saturated heterocycles. The Morgan fingerprint density at radius 2 is 2.00 bits per heavy atom. The molecule has 0 heterocycles. The molecule has 19 heavy (non-hydrogen) atoms. The summed E-state index contributed by atoms with van der Waals surface area (Å²) in [7, 11) is -3.74. The smallest absolute Gasteiger partial charge is 0.241 e. The average molecular weight is 288 g/mol. The van der Waals surface area contributed by atoms with Crippen LogP contribution in [0.15, 0.2) is 23.1 Å². The van der Waals surface area contributed by atoms with Crippen LogP contribution in [0.1, 0.15) is 25.8 Å². The number of sulfonamides is 1. The molecule has 0 bridgehead atoms. The third-order valence-corrected chi connectivity index (χ3v) is 4.46. The second kappa shape index (κ2) is 6.45. The molecule has 0 aliphatic carbocycles. The Bertz CT molecular complexity index is 529. The summed E-state index contributed by atoms with van der Waals surface area (Å²) in [6, 6.07) is 3.38. The molecule has 6 heteroatoms. The van der Waals surface area contributed by atoms with Crippen molar-refractivity contribution in [1.82, 2.24) is 4.72 Å². The lowest BCUT2D eigenvalue weighted by molar-refractivity contribution is 0.464. The van der Waals surface area contributed by atoms with Gasteiger partial charge in [-0.15, -0.1) is 0 Å². The van der Waals surface area contributed by atoms with E-state index in [4.69, 9.17) is 5.73 Å². The summed E-state index contributed by atoms with van der Waals surface area (Å²) in [5.74, 6) is -0.246. The third kappa shape index (κ3) is 4.56. The minimum atomic E-state index is -3.74. The van der Waals surface area contributed by atoms with Gasteiger partial charge in [0.1, 0.15) is 5.82 Å². The highest BCUT2D eigenvalue weighted by atomic mass is 32.2. The van der Waals surface area contributed by atoms with E-state index in [0.717, 1.165) is 6.07 Å². The zero-order chi connectivity index (χ0) is 14.6. The third-order valence-electron chi connectivity index (χ3n) is 2.80. The van der Waals surface area contributed by atoms with E-state index in [-0.39, 0.29) is 17.5 Å². The summed E-state index contributed by atoms with van der Waals surface area (Å²) in [4.78, 5) is -0.0327. The van der Waals surface area contributed by atoms with Crippen LogP contribution in [-0.2, 0) is 10.0 Å². The fourth-order valence-electron chi connectivity index (χ4n) is 1.91. The van der Waals surface area contributed by atoms with E-state index in [0.29, 0.717) is 17.9 Å². The molecule has 3 N–H and O–H groups in total. The molecule has 108 valence electrons. The molecule has 0 spiro atoms. The van der Waals surface area contributed by atoms with Crippen molar-refractivity contribution in [2.24, 2.45) is 11.7 Å². The molecule has 1 atom stereocenters. The second-order valence-electron chi connectivity index (χ2n) is 5.09. The zero-order valence-electron chi connectivity index (χ0n) is 11.5. The maximum atomic E-state index is 13.2. The highest BCUT2D eigenvalue weighted by Gasteiger charge is 2.22. The van der Waals surface area contributed by atoms with Crippen molar-refractivity contribution in [3.63, 3.8) is 0 Å². The number of nitrogens with one attached hydrogen (secondary N) is 1. The van der Waals surface area contributed by atoms with Crippen molar-refractivity contribution in [2.45, 2.75) is 38.1 Å². The Morgan fingerprint density at radius 1 is 1.37 bits per heavy atom. The van der Waals surface area contributed by atoms with Crippen molar-refractivity contribution >= 4 is 10.0 Å². The van der Waals surface area contributed by atoms with Gasteiger partial charge >= 0.3 is 0 Å². The molecule has 1 rings (SSSR count). The maximum Gasteiger partial charge on any atom is 0.241 e. The van der Waals surface area contributed by atoms with E-state index in [9.17, 15) is 12.8 Å². The summed E-state index contributed by atoms with van der Waals surface area (Å²) < 4.78 is 40.2. The Morgan fingerprint density at radius 3 is 2.53 bits per heavy atom. The van der Waals surface area contributed by atoms with Gasteiger partial charge in [0.15, 0.2) is 0 Å². The van der Waals surface area contributed by atoms with E-state index >= 15 is 0 Å². The Balaban J connectivity index is 3.00. The lowest BCUT2D eigenvalue weighted by Crippen LogP contribution is -2.41. The summed E-state index contributed by atoms with van der Waals surface area (Å²) in [5.41, 5.74) is 6.08. The summed E-state index contributed by atoms with van der Waals surface area (Å²) >= 11 is 0. The van der Waals surface area contributed by atoms with Gasteiger partial charge in [-0.25, -0.2) is 17.5 Å². The minimum Gasteiger partial charge on any atom is -0.329 e. The largest absolute Gasteiger partial charge is 0.329 e. The van der Waals surface area contributed by atoms with Crippen LogP contribution in [0.4, 0.5) is 4.39 Å². The first-order valence-corrected chi connectivity index (χ1v) is 7.73. The predicted octanol–water partition coefficient (Wildman–Crippen LogP) is 1.79. The number of rotatable bonds is 6. The van der Waals surface area contributed by atoms with Crippen LogP contribution in [0.5, 0.6) is 0 Å². The molecule has 0 aromatic heterocycles. The lowest BCUT2D eigenvalue weighted by Gasteiger charge is -2.19. The van der Waals surface area contributed by atoms with Gasteiger partial charge in [-0.2, -0.15) is 0 Å². The van der Waals surface area contributed by atoms with Crippen molar-refractivity contribution in [2.75, 3.05) is 6.54 Å². The van der Waals surface area contributed by atoms with Gasteiger partial charge in [-0.3, -0.25) is 0 Å². The van der Waals surface area contributed by atoms with Gasteiger partial charge in [0.25, 0.3) is 0 Å². The summed E-state index contributed by atoms with van der Waals surface area (Å²) in [6.45, 7) is 5.83. The van der Waals surface area contributed by atoms with Gasteiger partial charge in [0, 0.05) is 12.6 Å². The molecule has 1 aromatic carbocycles. The molecule has 1 unspecified atom stereocenters. The fraction of sp³-hybridized carbons (Fsp3) is 0.538. The van der Waals surface area contributed by atoms with E-state index < -0.39 is 15.8 Å². The first-order valence-electron chi connectivity index (χ1n) is 6.24. The summed E-state index contributed by atoms with van der Waals surface area (Å²) in [5, 5.41) is 0. The van der Waals surface area contributed by atoms with Gasteiger partial charge < -0.3 is 5.73 Å². The van der Waals surface area contributed by atoms with Crippen LogP contribution in [0.25, 0.3) is 0 Å². The number of hydrogen-bond acceptors (Lipinski definition) is 3. The molecule has 1 aromatic rings. The SMILES string of the molecule is Cc1ccc(F)cc1S(=O)(=O)NC(CN)CC(C)C. The molecule has 0 saturated carbocycles. The van der Waals surface area contributed by atoms with Gasteiger partial charge in [-0.05, 0) is 37.0 Å². The molecule has 4 nitrogen and oxygen atoms in total. The van der Waals surface area contributed by atoms with Crippen molar-refractivity contribution in [3.05, 3.63) is 29.6 Å². The Kier molecular flexibility index (Phi) is 5.46. The first-order chi connectivity index (χ1) is 8.76. The number of aryl methyl sites for hydroxylation is 1. The van der Waals surface area contributed by atoms with Crippen LogP contribution in [0.2, 0.25) is 0 Å². The topological polar surface area (TPSA) is 72.2 Å². The van der Waals surface area contributed by atoms with Crippen LogP contribution in [0, 0.1) is 18.7 Å². The maximum absolute atomic E-state index is 13.2. The van der Waals surface area contributed by atoms with Gasteiger partial charge in [0.05, 0.1) is 4.90 Å². The number of hydrogen-bond donors (Lipinski definition) is 2. The standard InChI is InChI=1S/C13H21FN2O2S/c1-9(2)6-12(8-15)16-19(17,18)13-7-11(14)5-4-10(13)3/h4-5,7,9,12,16H,6,8,15H2,1-3H3. The number of nitrogens with two attached hydrogens (primary N) is 1. The number of halogens is 1. The van der Waals surface area contributed by atoms with E-state index in [2.05, 4.69) is 4.72 Å². The zero-order valence-corrected chi connectivity index (χ0v) is 12.3. The second-order valence-corrected chi connectivity index (χ2v) is 6.78. The van der Waals surface area contributed by atoms with Crippen molar-refractivity contribution < 1.29 is 12.8 Å². The highest BCUT2D eigenvalue weighted by Crippen LogP contribution is 2.17. The number of benzene rings is 1. The van der Waals surface area contributed by atoms with Crippen LogP contribution >= 0.6 is 0 Å². The van der Waals surface area contributed by atoms with Crippen molar-refractivity contribution in [1.29, 1.82) is 0 Å². The first kappa shape index (κ1) is 16.1. The van der Waals surface area contributed by atoms with Crippen LogP contribution < -0.4 is 10.5 Å². The quantitative estimate of drug-likeness (QED) is 0.838. The van der Waals surface area contributed by atoms with Gasteiger partial charge in [0.2, 0.25) is 10.0 Å². The highest BCUT2D eigenvalue weighted by molar-refractivity contribution is 7.89. The molecule has 0 aliphatic rings. The fourth-order valence-corrected chi connectivity index (χ4v) is 3.43. The predicted molar refractivity (Wildman–Crippen MR) is 73.8 cm³/mol. The molecular weight excluding hydrogens is 267 g/mol. The van der Waals surface area contributed by atoms with Crippen LogP contribution in [0.3, 0.4) is 0 Å². The monoisotopic (exact) mass is 288 g/mol. The van der Waals surface area contributed by atoms with E-state index in [1.54, 1.807) is 6.92 Å². The molecule has 0 amide bonds. The van der Waals surface area contributed by atoms with E-state index in [1.165, 1.54) is 12.1 Å². The van der Waals surface area contributed by atoms with Crippen molar-refractivity contribution in [3.8, 4) is 0 Å². The van der Waals surface area contributed by atoms with Gasteiger partial charge in [-0.1, -0.05) is 19.9 Å². The molecule has 0 radical (unpaired) electrons. The normalized spacial score (nSPS) is 13.8. The van der Waals surface area contributed by atoms with Crippen LogP contribution in [-0.4, -0.2) is 21.0 Å². The Labute approximate surface area is 114 Å². The lowest BCUT2D eigenvalue weighted by atomic mass is 10.1.